The number of aromatic nitrogens is 1. The molecule has 3 heterocycles. The van der Waals surface area contributed by atoms with Crippen molar-refractivity contribution < 1.29 is 23.8 Å². The van der Waals surface area contributed by atoms with Gasteiger partial charge in [-0.2, -0.15) is 0 Å². The Morgan fingerprint density at radius 3 is 2.59 bits per heavy atom. The van der Waals surface area contributed by atoms with Crippen LogP contribution in [0.4, 0.5) is 4.39 Å². The number of benzene rings is 2. The van der Waals surface area contributed by atoms with E-state index in [9.17, 15) is 19.1 Å². The van der Waals surface area contributed by atoms with Gasteiger partial charge in [0.1, 0.15) is 11.6 Å². The van der Waals surface area contributed by atoms with Crippen molar-refractivity contribution in [1.82, 2.24) is 14.8 Å². The Morgan fingerprint density at radius 1 is 1.21 bits per heavy atom. The number of ether oxygens (including phenoxy) is 1. The van der Waals surface area contributed by atoms with Crippen molar-refractivity contribution in [2.45, 2.75) is 31.2 Å². The fourth-order valence-electron chi connectivity index (χ4n) is 5.69. The zero-order valence-electron chi connectivity index (χ0n) is 19.3. The molecule has 34 heavy (non-hydrogen) atoms. The summed E-state index contributed by atoms with van der Waals surface area (Å²) in [5.74, 6) is -0.226. The molecule has 1 atom stereocenters. The van der Waals surface area contributed by atoms with E-state index in [-0.39, 0.29) is 29.4 Å². The monoisotopic (exact) mass is 465 g/mol. The molecule has 0 radical (unpaired) electrons. The minimum Gasteiger partial charge on any atom is -0.497 e. The third-order valence-electron chi connectivity index (χ3n) is 7.44. The second-order valence-corrected chi connectivity index (χ2v) is 9.22. The summed E-state index contributed by atoms with van der Waals surface area (Å²) in [6.07, 6.45) is 1.25. The molecule has 2 N–H and O–H groups in total. The van der Waals surface area contributed by atoms with E-state index >= 15 is 0 Å². The molecular formula is C26H28FN3O4. The molecule has 3 aromatic rings. The van der Waals surface area contributed by atoms with Crippen LogP contribution in [0, 0.1) is 5.82 Å². The van der Waals surface area contributed by atoms with Gasteiger partial charge in [-0.05, 0) is 42.7 Å². The van der Waals surface area contributed by atoms with Crippen LogP contribution in [0.2, 0.25) is 0 Å². The average molecular weight is 466 g/mol. The van der Waals surface area contributed by atoms with Gasteiger partial charge in [-0.3, -0.25) is 9.59 Å². The number of aliphatic hydroxyl groups is 1. The first-order valence-corrected chi connectivity index (χ1v) is 11.5. The third-order valence-corrected chi connectivity index (χ3v) is 7.44. The number of rotatable bonds is 3. The van der Waals surface area contributed by atoms with Gasteiger partial charge in [-0.15, -0.1) is 0 Å². The van der Waals surface area contributed by atoms with E-state index in [1.54, 1.807) is 29.0 Å². The van der Waals surface area contributed by atoms with Crippen molar-refractivity contribution in [3.05, 3.63) is 65.1 Å². The standard InChI is InChI=1S/C26H28FN3O4/c1-16(32)30-15-26(9-11-29(12-10-26)25(33)18-5-3-4-6-20(18)27)23-19-8-7-17(34-2)13-21(19)28-24(23)22(30)14-31/h3-8,13,22,28,31H,9-12,14-15H2,1-2H3/t22-/m0/s1. The summed E-state index contributed by atoms with van der Waals surface area (Å²) in [6, 6.07) is 11.4. The smallest absolute Gasteiger partial charge is 0.256 e. The van der Waals surface area contributed by atoms with Gasteiger partial charge >= 0.3 is 0 Å². The van der Waals surface area contributed by atoms with Gasteiger partial charge in [0.25, 0.3) is 5.91 Å². The number of hydrogen-bond acceptors (Lipinski definition) is 4. The number of likely N-dealkylation sites (tertiary alicyclic amines) is 1. The number of amides is 2. The largest absolute Gasteiger partial charge is 0.497 e. The Kier molecular flexibility index (Phi) is 5.56. The predicted octanol–water partition coefficient (Wildman–Crippen LogP) is 3.39. The molecule has 5 rings (SSSR count). The number of carbonyl (C=O) groups excluding carboxylic acids is 2. The summed E-state index contributed by atoms with van der Waals surface area (Å²) in [5.41, 5.74) is 2.51. The number of aromatic amines is 1. The van der Waals surface area contributed by atoms with Crippen molar-refractivity contribution in [2.75, 3.05) is 33.4 Å². The second kappa shape index (κ2) is 8.43. The summed E-state index contributed by atoms with van der Waals surface area (Å²) >= 11 is 0. The maximum Gasteiger partial charge on any atom is 0.256 e. The van der Waals surface area contributed by atoms with Crippen LogP contribution in [0.25, 0.3) is 10.9 Å². The Morgan fingerprint density at radius 2 is 1.94 bits per heavy atom. The SMILES string of the molecule is COc1ccc2c3c([nH]c2c1)[C@H](CO)N(C(C)=O)CC31CCN(C(=O)c2ccccc2F)CC1. The lowest BCUT2D eigenvalue weighted by molar-refractivity contribution is -0.134. The van der Waals surface area contributed by atoms with Crippen LogP contribution in [0.15, 0.2) is 42.5 Å². The molecule has 0 unspecified atom stereocenters. The highest BCUT2D eigenvalue weighted by Crippen LogP contribution is 2.49. The molecule has 0 saturated carbocycles. The van der Waals surface area contributed by atoms with Gasteiger partial charge in [-0.25, -0.2) is 4.39 Å². The minimum atomic E-state index is -0.521. The quantitative estimate of drug-likeness (QED) is 0.621. The first kappa shape index (κ1) is 22.4. The van der Waals surface area contributed by atoms with Gasteiger partial charge < -0.3 is 24.6 Å². The molecule has 1 fully saturated rings. The molecule has 1 aromatic heterocycles. The molecule has 2 aliphatic rings. The number of H-pyrrole nitrogens is 1. The van der Waals surface area contributed by atoms with E-state index in [2.05, 4.69) is 4.98 Å². The zero-order chi connectivity index (χ0) is 24.0. The van der Waals surface area contributed by atoms with E-state index in [1.807, 2.05) is 18.2 Å². The number of nitrogens with zero attached hydrogens (tertiary/aromatic N) is 2. The van der Waals surface area contributed by atoms with Crippen LogP contribution in [-0.2, 0) is 10.2 Å². The maximum absolute atomic E-state index is 14.2. The Bertz CT molecular complexity index is 1260. The van der Waals surface area contributed by atoms with Crippen molar-refractivity contribution in [3.8, 4) is 5.75 Å². The normalized spacial score (nSPS) is 19.4. The minimum absolute atomic E-state index is 0.0766. The van der Waals surface area contributed by atoms with Crippen LogP contribution >= 0.6 is 0 Å². The fraction of sp³-hybridized carbons (Fsp3) is 0.385. The van der Waals surface area contributed by atoms with Crippen molar-refractivity contribution in [3.63, 3.8) is 0 Å². The number of carbonyl (C=O) groups is 2. The Balaban J connectivity index is 1.55. The summed E-state index contributed by atoms with van der Waals surface area (Å²) in [6.45, 7) is 2.69. The lowest BCUT2D eigenvalue weighted by Gasteiger charge is -2.50. The highest BCUT2D eigenvalue weighted by molar-refractivity contribution is 5.94. The van der Waals surface area contributed by atoms with E-state index in [0.29, 0.717) is 32.5 Å². The molecule has 2 aromatic carbocycles. The van der Waals surface area contributed by atoms with E-state index < -0.39 is 11.9 Å². The number of nitrogens with one attached hydrogen (secondary N) is 1. The molecule has 0 aliphatic carbocycles. The highest BCUT2D eigenvalue weighted by atomic mass is 19.1. The number of aliphatic hydroxyl groups excluding tert-OH is 1. The van der Waals surface area contributed by atoms with E-state index in [0.717, 1.165) is 27.9 Å². The lowest BCUT2D eigenvalue weighted by Crippen LogP contribution is -2.55. The number of methoxy groups -OCH3 is 1. The van der Waals surface area contributed by atoms with Crippen LogP contribution in [0.3, 0.4) is 0 Å². The molecule has 8 heteroatoms. The third kappa shape index (κ3) is 3.44. The summed E-state index contributed by atoms with van der Waals surface area (Å²) < 4.78 is 19.6. The fourth-order valence-corrected chi connectivity index (χ4v) is 5.69. The number of piperidine rings is 1. The van der Waals surface area contributed by atoms with Crippen LogP contribution in [-0.4, -0.2) is 65.1 Å². The number of fused-ring (bicyclic) bond motifs is 4. The number of halogens is 1. The van der Waals surface area contributed by atoms with Crippen molar-refractivity contribution in [1.29, 1.82) is 0 Å². The van der Waals surface area contributed by atoms with E-state index in [1.165, 1.54) is 19.1 Å². The summed E-state index contributed by atoms with van der Waals surface area (Å²) in [4.78, 5) is 32.5. The molecule has 178 valence electrons. The predicted molar refractivity (Wildman–Crippen MR) is 125 cm³/mol. The first-order valence-electron chi connectivity index (χ1n) is 11.5. The summed E-state index contributed by atoms with van der Waals surface area (Å²) in [7, 11) is 1.61. The van der Waals surface area contributed by atoms with Gasteiger partial charge in [0.15, 0.2) is 0 Å². The maximum atomic E-state index is 14.2. The average Bonchev–Trinajstić information content (AvgIpc) is 3.24. The van der Waals surface area contributed by atoms with Gasteiger partial charge in [0, 0.05) is 54.6 Å². The van der Waals surface area contributed by atoms with Crippen LogP contribution in [0.5, 0.6) is 5.75 Å². The zero-order valence-corrected chi connectivity index (χ0v) is 19.3. The van der Waals surface area contributed by atoms with Gasteiger partial charge in [0.05, 0.1) is 25.3 Å². The van der Waals surface area contributed by atoms with Crippen molar-refractivity contribution >= 4 is 22.7 Å². The highest BCUT2D eigenvalue weighted by Gasteiger charge is 2.48. The molecule has 2 amide bonds. The van der Waals surface area contributed by atoms with Crippen LogP contribution in [0.1, 0.15) is 47.4 Å². The molecular weight excluding hydrogens is 437 g/mol. The molecule has 1 spiro atoms. The first-order chi connectivity index (χ1) is 16.4. The Hall–Kier alpha value is -3.39. The Labute approximate surface area is 197 Å². The van der Waals surface area contributed by atoms with Gasteiger partial charge in [0.2, 0.25) is 5.91 Å². The number of hydrogen-bond donors (Lipinski definition) is 2. The molecule has 0 bridgehead atoms. The summed E-state index contributed by atoms with van der Waals surface area (Å²) in [5, 5.41) is 11.2. The molecule has 7 nitrogen and oxygen atoms in total. The van der Waals surface area contributed by atoms with Crippen molar-refractivity contribution in [2.24, 2.45) is 0 Å². The van der Waals surface area contributed by atoms with Gasteiger partial charge in [-0.1, -0.05) is 12.1 Å². The topological polar surface area (TPSA) is 85.9 Å². The second-order valence-electron chi connectivity index (χ2n) is 9.22. The lowest BCUT2D eigenvalue weighted by atomic mass is 9.68. The van der Waals surface area contributed by atoms with E-state index in [4.69, 9.17) is 4.74 Å². The molecule has 2 aliphatic heterocycles. The molecule has 1 saturated heterocycles. The van der Waals surface area contributed by atoms with Crippen LogP contribution < -0.4 is 4.74 Å².